The van der Waals surface area contributed by atoms with Gasteiger partial charge in [0.15, 0.2) is 0 Å². The Kier molecular flexibility index (Phi) is 4.71. The van der Waals surface area contributed by atoms with Gasteiger partial charge in [0.25, 0.3) is 0 Å². The molecule has 6 heteroatoms. The summed E-state index contributed by atoms with van der Waals surface area (Å²) in [5.74, 6) is 0.250. The summed E-state index contributed by atoms with van der Waals surface area (Å²) in [6.45, 7) is 2.40. The lowest BCUT2D eigenvalue weighted by Crippen LogP contribution is -2.51. The predicted molar refractivity (Wildman–Crippen MR) is 104 cm³/mol. The lowest BCUT2D eigenvalue weighted by molar-refractivity contribution is -0.138. The van der Waals surface area contributed by atoms with Crippen LogP contribution in [0, 0.1) is 0 Å². The molecular weight excluding hydrogens is 340 g/mol. The Morgan fingerprint density at radius 1 is 0.963 bits per heavy atom. The molecule has 140 valence electrons. The number of hydrogen-bond donors (Lipinski definition) is 1. The lowest BCUT2D eigenvalue weighted by Gasteiger charge is -2.35. The lowest BCUT2D eigenvalue weighted by atomic mass is 10.1. The summed E-state index contributed by atoms with van der Waals surface area (Å²) in [5.41, 5.74) is 3.19. The van der Waals surface area contributed by atoms with E-state index in [1.54, 1.807) is 0 Å². The molecule has 1 fully saturated rings. The zero-order chi connectivity index (χ0) is 18.8. The van der Waals surface area contributed by atoms with E-state index < -0.39 is 0 Å². The van der Waals surface area contributed by atoms with Gasteiger partial charge < -0.3 is 19.4 Å². The monoisotopic (exact) mass is 364 g/mol. The molecule has 3 heterocycles. The molecule has 1 saturated heterocycles. The normalized spacial score (nSPS) is 14.7. The van der Waals surface area contributed by atoms with E-state index in [9.17, 15) is 9.59 Å². The van der Waals surface area contributed by atoms with Gasteiger partial charge in [0, 0.05) is 62.7 Å². The highest BCUT2D eigenvalue weighted by molar-refractivity contribution is 5.89. The summed E-state index contributed by atoms with van der Waals surface area (Å²) in [7, 11) is 2.01. The van der Waals surface area contributed by atoms with Gasteiger partial charge in [0.1, 0.15) is 0 Å². The molecule has 1 aliphatic rings. The van der Waals surface area contributed by atoms with E-state index in [4.69, 9.17) is 0 Å². The van der Waals surface area contributed by atoms with Gasteiger partial charge in [-0.15, -0.1) is 0 Å². The molecule has 1 N–H and O–H groups in total. The molecule has 2 aromatic heterocycles. The number of hydrogen-bond acceptors (Lipinski definition) is 2. The van der Waals surface area contributed by atoms with Crippen molar-refractivity contribution in [3.63, 3.8) is 0 Å². The van der Waals surface area contributed by atoms with Crippen molar-refractivity contribution < 1.29 is 9.59 Å². The van der Waals surface area contributed by atoms with Crippen LogP contribution >= 0.6 is 0 Å². The summed E-state index contributed by atoms with van der Waals surface area (Å²) in [4.78, 5) is 31.9. The molecule has 4 rings (SSSR count). The Hall–Kier alpha value is -3.02. The maximum absolute atomic E-state index is 12.8. The minimum atomic E-state index is 0.121. The first-order valence-electron chi connectivity index (χ1n) is 9.32. The Morgan fingerprint density at radius 3 is 2.30 bits per heavy atom. The predicted octanol–water partition coefficient (Wildman–Crippen LogP) is 1.96. The number of nitrogens with one attached hydrogen (secondary N) is 1. The zero-order valence-electron chi connectivity index (χ0n) is 15.5. The van der Waals surface area contributed by atoms with Gasteiger partial charge in [-0.1, -0.05) is 18.2 Å². The molecule has 0 radical (unpaired) electrons. The quantitative estimate of drug-likeness (QED) is 0.769. The van der Waals surface area contributed by atoms with E-state index in [-0.39, 0.29) is 11.8 Å². The highest BCUT2D eigenvalue weighted by Crippen LogP contribution is 2.21. The van der Waals surface area contributed by atoms with Gasteiger partial charge in [-0.2, -0.15) is 0 Å². The SMILES string of the molecule is Cn1cc(CC(=O)N2CCN(C(=O)Cc3cc[nH]c3)CC2)c2ccccc21. The van der Waals surface area contributed by atoms with Crippen LogP contribution in [0.4, 0.5) is 0 Å². The maximum Gasteiger partial charge on any atom is 0.227 e. The van der Waals surface area contributed by atoms with E-state index in [0.29, 0.717) is 39.0 Å². The molecule has 0 aliphatic carbocycles. The average molecular weight is 364 g/mol. The smallest absolute Gasteiger partial charge is 0.227 e. The van der Waals surface area contributed by atoms with Gasteiger partial charge in [-0.25, -0.2) is 0 Å². The van der Waals surface area contributed by atoms with E-state index in [1.807, 2.05) is 53.6 Å². The number of para-hydroxylation sites is 1. The molecule has 1 aromatic carbocycles. The zero-order valence-corrected chi connectivity index (χ0v) is 15.5. The molecule has 2 amide bonds. The second kappa shape index (κ2) is 7.31. The molecule has 0 unspecified atom stereocenters. The van der Waals surface area contributed by atoms with Crippen LogP contribution in [0.1, 0.15) is 11.1 Å². The number of carbonyl (C=O) groups excluding carboxylic acids is 2. The van der Waals surface area contributed by atoms with Crippen molar-refractivity contribution in [3.8, 4) is 0 Å². The van der Waals surface area contributed by atoms with Crippen molar-refractivity contribution in [1.82, 2.24) is 19.4 Å². The molecule has 1 aliphatic heterocycles. The second-order valence-corrected chi connectivity index (χ2v) is 7.12. The van der Waals surface area contributed by atoms with Crippen molar-refractivity contribution in [1.29, 1.82) is 0 Å². The maximum atomic E-state index is 12.8. The summed E-state index contributed by atoms with van der Waals surface area (Å²) in [6.07, 6.45) is 6.53. The molecule has 0 spiro atoms. The van der Waals surface area contributed by atoms with Crippen molar-refractivity contribution in [2.45, 2.75) is 12.8 Å². The fourth-order valence-corrected chi connectivity index (χ4v) is 3.80. The number of piperazine rings is 1. The highest BCUT2D eigenvalue weighted by atomic mass is 16.2. The van der Waals surface area contributed by atoms with Gasteiger partial charge in [-0.3, -0.25) is 9.59 Å². The number of nitrogens with zero attached hydrogens (tertiary/aromatic N) is 3. The molecule has 3 aromatic rings. The van der Waals surface area contributed by atoms with Gasteiger partial charge in [-0.05, 0) is 23.3 Å². The first-order chi connectivity index (χ1) is 13.1. The molecule has 0 bridgehead atoms. The first kappa shape index (κ1) is 17.4. The molecular formula is C21H24N4O2. The van der Waals surface area contributed by atoms with Crippen LogP contribution in [0.5, 0.6) is 0 Å². The number of fused-ring (bicyclic) bond motifs is 1. The standard InChI is InChI=1S/C21H24N4O2/c1-23-15-17(18-4-2-3-5-19(18)23)13-21(27)25-10-8-24(9-11-25)20(26)12-16-6-7-22-14-16/h2-7,14-15,22H,8-13H2,1H3. The highest BCUT2D eigenvalue weighted by Gasteiger charge is 2.24. The number of H-pyrrole nitrogens is 1. The fourth-order valence-electron chi connectivity index (χ4n) is 3.80. The number of rotatable bonds is 4. The van der Waals surface area contributed by atoms with Crippen molar-refractivity contribution in [2.75, 3.05) is 26.2 Å². The number of aromatic amines is 1. The van der Waals surface area contributed by atoms with Crippen molar-refractivity contribution in [2.24, 2.45) is 7.05 Å². The van der Waals surface area contributed by atoms with Crippen molar-refractivity contribution >= 4 is 22.7 Å². The minimum absolute atomic E-state index is 0.121. The average Bonchev–Trinajstić information content (AvgIpc) is 3.30. The summed E-state index contributed by atoms with van der Waals surface area (Å²) in [6, 6.07) is 10.1. The van der Waals surface area contributed by atoms with Crippen LogP contribution in [0.25, 0.3) is 10.9 Å². The Balaban J connectivity index is 1.35. The van der Waals surface area contributed by atoms with E-state index in [1.165, 1.54) is 0 Å². The van der Waals surface area contributed by atoms with E-state index in [2.05, 4.69) is 21.7 Å². The van der Waals surface area contributed by atoms with Gasteiger partial charge in [0.05, 0.1) is 12.8 Å². The Bertz CT molecular complexity index is 950. The van der Waals surface area contributed by atoms with Crippen LogP contribution in [0.2, 0.25) is 0 Å². The number of carbonyl (C=O) groups is 2. The minimum Gasteiger partial charge on any atom is -0.367 e. The molecule has 27 heavy (non-hydrogen) atoms. The second-order valence-electron chi connectivity index (χ2n) is 7.12. The fraction of sp³-hybridized carbons (Fsp3) is 0.333. The number of benzene rings is 1. The van der Waals surface area contributed by atoms with E-state index >= 15 is 0 Å². The third-order valence-corrected chi connectivity index (χ3v) is 5.32. The molecule has 0 saturated carbocycles. The Labute approximate surface area is 158 Å². The molecule has 0 atom stereocenters. The van der Waals surface area contributed by atoms with Gasteiger partial charge >= 0.3 is 0 Å². The first-order valence-corrected chi connectivity index (χ1v) is 9.32. The van der Waals surface area contributed by atoms with Crippen LogP contribution in [0.15, 0.2) is 48.9 Å². The van der Waals surface area contributed by atoms with Gasteiger partial charge in [0.2, 0.25) is 11.8 Å². The Morgan fingerprint density at radius 2 is 1.63 bits per heavy atom. The van der Waals surface area contributed by atoms with Crippen LogP contribution in [0.3, 0.4) is 0 Å². The summed E-state index contributed by atoms with van der Waals surface area (Å²) < 4.78 is 2.07. The largest absolute Gasteiger partial charge is 0.367 e. The third-order valence-electron chi connectivity index (χ3n) is 5.32. The van der Waals surface area contributed by atoms with Crippen LogP contribution < -0.4 is 0 Å². The van der Waals surface area contributed by atoms with E-state index in [0.717, 1.165) is 22.0 Å². The van der Waals surface area contributed by atoms with Crippen LogP contribution in [-0.2, 0) is 29.5 Å². The molecule has 6 nitrogen and oxygen atoms in total. The van der Waals surface area contributed by atoms with Crippen LogP contribution in [-0.4, -0.2) is 57.3 Å². The number of aryl methyl sites for hydroxylation is 1. The van der Waals surface area contributed by atoms with Crippen molar-refractivity contribution in [3.05, 3.63) is 60.0 Å². The summed E-state index contributed by atoms with van der Waals surface area (Å²) in [5, 5.41) is 1.13. The topological polar surface area (TPSA) is 61.3 Å². The number of aromatic nitrogens is 2. The third kappa shape index (κ3) is 3.60. The summed E-state index contributed by atoms with van der Waals surface area (Å²) >= 11 is 0. The number of amides is 2.